The number of hydrogen-bond acceptors (Lipinski definition) is 6. The predicted molar refractivity (Wildman–Crippen MR) is 61.3 cm³/mol. The van der Waals surface area contributed by atoms with Crippen LogP contribution in [0.1, 0.15) is 25.3 Å². The summed E-state index contributed by atoms with van der Waals surface area (Å²) in [5.74, 6) is 0.406. The summed E-state index contributed by atoms with van der Waals surface area (Å²) in [5, 5.41) is 8.92. The highest BCUT2D eigenvalue weighted by Gasteiger charge is 2.27. The molecule has 0 spiro atoms. The molecule has 1 fully saturated rings. The zero-order valence-electron chi connectivity index (χ0n) is 9.24. The molecule has 7 nitrogen and oxygen atoms in total. The van der Waals surface area contributed by atoms with Crippen LogP contribution in [0.4, 0.5) is 5.82 Å². The first-order valence-electron chi connectivity index (χ1n) is 5.62. The van der Waals surface area contributed by atoms with Crippen molar-refractivity contribution in [1.82, 2.24) is 25.0 Å². The summed E-state index contributed by atoms with van der Waals surface area (Å²) in [6, 6.07) is 0.454. The molecule has 17 heavy (non-hydrogen) atoms. The molecule has 0 unspecified atom stereocenters. The summed E-state index contributed by atoms with van der Waals surface area (Å²) in [4.78, 5) is 12.4. The number of hydrogen-bond donors (Lipinski definition) is 3. The zero-order valence-corrected chi connectivity index (χ0v) is 9.24. The summed E-state index contributed by atoms with van der Waals surface area (Å²) < 4.78 is 2.02. The van der Waals surface area contributed by atoms with E-state index in [9.17, 15) is 0 Å². The quantitative estimate of drug-likeness (QED) is 0.653. The average molecular weight is 234 g/mol. The molecule has 4 N–H and O–H groups in total. The van der Waals surface area contributed by atoms with E-state index in [1.54, 1.807) is 6.33 Å². The molecule has 0 bridgehead atoms. The average Bonchev–Trinajstić information content (AvgIpc) is 2.94. The van der Waals surface area contributed by atoms with Gasteiger partial charge in [0.05, 0.1) is 6.33 Å². The maximum Gasteiger partial charge on any atom is 0.165 e. The molecule has 2 atom stereocenters. The molecule has 90 valence electrons. The van der Waals surface area contributed by atoms with Crippen LogP contribution in [0.3, 0.4) is 0 Å². The van der Waals surface area contributed by atoms with Crippen molar-refractivity contribution >= 4 is 17.0 Å². The monoisotopic (exact) mass is 234 g/mol. The van der Waals surface area contributed by atoms with Crippen molar-refractivity contribution < 1.29 is 5.21 Å². The predicted octanol–water partition coefficient (Wildman–Crippen LogP) is 0.481. The first-order valence-corrected chi connectivity index (χ1v) is 5.62. The molecular weight excluding hydrogens is 220 g/mol. The number of nitrogen functional groups attached to an aromatic ring is 1. The van der Waals surface area contributed by atoms with Crippen LogP contribution in [-0.4, -0.2) is 30.8 Å². The van der Waals surface area contributed by atoms with Gasteiger partial charge in [-0.3, -0.25) is 0 Å². The van der Waals surface area contributed by atoms with E-state index in [4.69, 9.17) is 10.9 Å². The minimum atomic E-state index is 0.150. The van der Waals surface area contributed by atoms with E-state index < -0.39 is 0 Å². The van der Waals surface area contributed by atoms with Crippen molar-refractivity contribution in [2.24, 2.45) is 0 Å². The highest BCUT2D eigenvalue weighted by Crippen LogP contribution is 2.32. The van der Waals surface area contributed by atoms with Crippen molar-refractivity contribution in [2.45, 2.75) is 31.3 Å². The topological polar surface area (TPSA) is 102 Å². The second-order valence-electron chi connectivity index (χ2n) is 4.38. The molecule has 2 aromatic heterocycles. The van der Waals surface area contributed by atoms with E-state index in [2.05, 4.69) is 20.4 Å². The number of nitrogens with two attached hydrogens (primary N) is 1. The lowest BCUT2D eigenvalue weighted by Gasteiger charge is -2.12. The maximum atomic E-state index is 8.92. The van der Waals surface area contributed by atoms with E-state index in [0.29, 0.717) is 17.4 Å². The normalized spacial score (nSPS) is 24.5. The van der Waals surface area contributed by atoms with Gasteiger partial charge >= 0.3 is 0 Å². The van der Waals surface area contributed by atoms with E-state index >= 15 is 0 Å². The van der Waals surface area contributed by atoms with Crippen LogP contribution in [0, 0.1) is 0 Å². The second kappa shape index (κ2) is 3.94. The Bertz CT molecular complexity index is 539. The van der Waals surface area contributed by atoms with E-state index in [0.717, 1.165) is 24.9 Å². The third-order valence-electron chi connectivity index (χ3n) is 3.37. The number of nitrogens with zero attached hydrogens (tertiary/aromatic N) is 4. The Morgan fingerprint density at radius 2 is 2.24 bits per heavy atom. The Morgan fingerprint density at radius 1 is 1.35 bits per heavy atom. The molecule has 0 aromatic carbocycles. The lowest BCUT2D eigenvalue weighted by Crippen LogP contribution is -2.22. The van der Waals surface area contributed by atoms with Gasteiger partial charge in [0.15, 0.2) is 11.5 Å². The molecule has 0 radical (unpaired) electrons. The van der Waals surface area contributed by atoms with Crippen LogP contribution in [-0.2, 0) is 0 Å². The van der Waals surface area contributed by atoms with Gasteiger partial charge in [0.2, 0.25) is 0 Å². The SMILES string of the molecule is Nc1ncnc2c1ncn2[C@H]1CC[C@@H](NO)C1. The number of nitrogens with one attached hydrogen (secondary N) is 1. The van der Waals surface area contributed by atoms with Crippen LogP contribution < -0.4 is 11.2 Å². The minimum absolute atomic E-state index is 0.150. The van der Waals surface area contributed by atoms with Crippen LogP contribution >= 0.6 is 0 Å². The maximum absolute atomic E-state index is 8.92. The smallest absolute Gasteiger partial charge is 0.165 e. The fourth-order valence-electron chi connectivity index (χ4n) is 2.46. The third-order valence-corrected chi connectivity index (χ3v) is 3.37. The Kier molecular flexibility index (Phi) is 2.41. The first-order chi connectivity index (χ1) is 8.29. The minimum Gasteiger partial charge on any atom is -0.382 e. The van der Waals surface area contributed by atoms with Gasteiger partial charge in [-0.25, -0.2) is 20.4 Å². The van der Waals surface area contributed by atoms with Gasteiger partial charge in [-0.15, -0.1) is 0 Å². The van der Waals surface area contributed by atoms with E-state index in [-0.39, 0.29) is 6.04 Å². The Balaban J connectivity index is 1.99. The molecule has 1 aliphatic rings. The Labute approximate surface area is 97.6 Å². The van der Waals surface area contributed by atoms with Crippen molar-refractivity contribution in [2.75, 3.05) is 5.73 Å². The first kappa shape index (κ1) is 10.4. The standard InChI is InChI=1S/C10H14N6O/c11-9-8-10(13-4-12-9)16(5-14-8)7-2-1-6(3-7)15-17/h4-7,15,17H,1-3H2,(H2,11,12,13)/t6-,7+/m1/s1. The summed E-state index contributed by atoms with van der Waals surface area (Å²) >= 11 is 0. The number of imidazole rings is 1. The molecule has 3 rings (SSSR count). The van der Waals surface area contributed by atoms with Crippen LogP contribution in [0.5, 0.6) is 0 Å². The zero-order chi connectivity index (χ0) is 11.8. The van der Waals surface area contributed by atoms with Gasteiger partial charge in [-0.05, 0) is 19.3 Å². The van der Waals surface area contributed by atoms with E-state index in [1.807, 2.05) is 4.57 Å². The van der Waals surface area contributed by atoms with Crippen LogP contribution in [0.2, 0.25) is 0 Å². The number of hydroxylamine groups is 1. The second-order valence-corrected chi connectivity index (χ2v) is 4.38. The number of rotatable bonds is 2. The van der Waals surface area contributed by atoms with Crippen LogP contribution in [0.25, 0.3) is 11.2 Å². The number of fused-ring (bicyclic) bond motifs is 1. The lowest BCUT2D eigenvalue weighted by molar-refractivity contribution is 0.126. The molecule has 0 saturated heterocycles. The van der Waals surface area contributed by atoms with Crippen LogP contribution in [0.15, 0.2) is 12.7 Å². The summed E-state index contributed by atoms with van der Waals surface area (Å²) in [6.45, 7) is 0. The van der Waals surface area contributed by atoms with Crippen molar-refractivity contribution in [1.29, 1.82) is 0 Å². The Morgan fingerprint density at radius 3 is 3.00 bits per heavy atom. The molecule has 2 heterocycles. The fraction of sp³-hybridized carbons (Fsp3) is 0.500. The lowest BCUT2D eigenvalue weighted by atomic mass is 10.2. The molecule has 1 aliphatic carbocycles. The highest BCUT2D eigenvalue weighted by atomic mass is 16.5. The third kappa shape index (κ3) is 1.63. The molecule has 0 amide bonds. The van der Waals surface area contributed by atoms with Gasteiger partial charge < -0.3 is 15.5 Å². The summed E-state index contributed by atoms with van der Waals surface area (Å²) in [7, 11) is 0. The number of aromatic nitrogens is 4. The van der Waals surface area contributed by atoms with Crippen molar-refractivity contribution in [3.63, 3.8) is 0 Å². The molecular formula is C10H14N6O. The number of anilines is 1. The molecule has 7 heteroatoms. The summed E-state index contributed by atoms with van der Waals surface area (Å²) in [5.41, 5.74) is 9.48. The molecule has 2 aromatic rings. The van der Waals surface area contributed by atoms with E-state index in [1.165, 1.54) is 6.33 Å². The van der Waals surface area contributed by atoms with Gasteiger partial charge in [0.25, 0.3) is 0 Å². The highest BCUT2D eigenvalue weighted by molar-refractivity contribution is 5.81. The Hall–Kier alpha value is -1.73. The largest absolute Gasteiger partial charge is 0.382 e. The molecule has 0 aliphatic heterocycles. The van der Waals surface area contributed by atoms with Gasteiger partial charge in [-0.1, -0.05) is 0 Å². The van der Waals surface area contributed by atoms with Crippen molar-refractivity contribution in [3.8, 4) is 0 Å². The van der Waals surface area contributed by atoms with Gasteiger partial charge in [0, 0.05) is 12.1 Å². The van der Waals surface area contributed by atoms with Crippen molar-refractivity contribution in [3.05, 3.63) is 12.7 Å². The van der Waals surface area contributed by atoms with Gasteiger partial charge in [-0.2, -0.15) is 0 Å². The summed E-state index contributed by atoms with van der Waals surface area (Å²) in [6.07, 6.45) is 6.01. The van der Waals surface area contributed by atoms with Gasteiger partial charge in [0.1, 0.15) is 11.8 Å². The molecule has 1 saturated carbocycles. The fourth-order valence-corrected chi connectivity index (χ4v) is 2.46.